The second-order valence-electron chi connectivity index (χ2n) is 4.76. The van der Waals surface area contributed by atoms with Crippen molar-refractivity contribution in [3.05, 3.63) is 34.5 Å². The number of nitrogens with zero attached hydrogens (tertiary/aromatic N) is 1. The van der Waals surface area contributed by atoms with Crippen LogP contribution in [0.1, 0.15) is 23.4 Å². The standard InChI is InChI=1S/C14H12BrNO4/c15-9-4-1-3-8-7-11(20-12(8)9)13(17)16-6-2-5-10(16)14(18)19/h1,3-4,7,10H,2,5-6H2,(H,18,19). The summed E-state index contributed by atoms with van der Waals surface area (Å²) >= 11 is 3.37. The number of benzene rings is 1. The SMILES string of the molecule is O=C(O)C1CCCN1C(=O)c1cc2cccc(Br)c2o1. The number of likely N-dealkylation sites (tertiary alicyclic amines) is 1. The van der Waals surface area contributed by atoms with Gasteiger partial charge in [0.15, 0.2) is 5.76 Å². The highest BCUT2D eigenvalue weighted by Gasteiger charge is 2.35. The number of para-hydroxylation sites is 1. The third kappa shape index (κ3) is 2.10. The van der Waals surface area contributed by atoms with E-state index in [1.807, 2.05) is 18.2 Å². The Kier molecular flexibility index (Phi) is 3.25. The molecule has 1 saturated heterocycles. The van der Waals surface area contributed by atoms with Crippen LogP contribution in [0.2, 0.25) is 0 Å². The van der Waals surface area contributed by atoms with E-state index in [-0.39, 0.29) is 11.7 Å². The fourth-order valence-corrected chi connectivity index (χ4v) is 3.00. The molecular formula is C14H12BrNO4. The number of carbonyl (C=O) groups is 2. The van der Waals surface area contributed by atoms with Gasteiger partial charge in [-0.15, -0.1) is 0 Å². The van der Waals surface area contributed by atoms with Gasteiger partial charge in [0, 0.05) is 11.9 Å². The Morgan fingerprint density at radius 1 is 1.40 bits per heavy atom. The van der Waals surface area contributed by atoms with Crippen molar-refractivity contribution in [3.63, 3.8) is 0 Å². The molecule has 0 radical (unpaired) electrons. The van der Waals surface area contributed by atoms with Crippen LogP contribution >= 0.6 is 15.9 Å². The molecule has 5 nitrogen and oxygen atoms in total. The van der Waals surface area contributed by atoms with E-state index in [0.717, 1.165) is 9.86 Å². The van der Waals surface area contributed by atoms with Crippen molar-refractivity contribution >= 4 is 38.8 Å². The van der Waals surface area contributed by atoms with E-state index >= 15 is 0 Å². The first kappa shape index (κ1) is 13.2. The summed E-state index contributed by atoms with van der Waals surface area (Å²) in [6, 6.07) is 6.43. The zero-order valence-electron chi connectivity index (χ0n) is 10.5. The molecule has 20 heavy (non-hydrogen) atoms. The quantitative estimate of drug-likeness (QED) is 0.914. The van der Waals surface area contributed by atoms with Gasteiger partial charge in [0.25, 0.3) is 5.91 Å². The van der Waals surface area contributed by atoms with Crippen molar-refractivity contribution < 1.29 is 19.1 Å². The Balaban J connectivity index is 1.96. The van der Waals surface area contributed by atoms with Crippen molar-refractivity contribution in [2.24, 2.45) is 0 Å². The first-order valence-corrected chi connectivity index (χ1v) is 7.09. The topological polar surface area (TPSA) is 70.8 Å². The van der Waals surface area contributed by atoms with Crippen LogP contribution in [0, 0.1) is 0 Å². The number of carboxylic acids is 1. The Hall–Kier alpha value is -1.82. The van der Waals surface area contributed by atoms with Gasteiger partial charge in [-0.05, 0) is 40.9 Å². The predicted molar refractivity (Wildman–Crippen MR) is 75.6 cm³/mol. The average molecular weight is 338 g/mol. The van der Waals surface area contributed by atoms with Crippen molar-refractivity contribution in [1.82, 2.24) is 4.90 Å². The maximum absolute atomic E-state index is 12.4. The molecule has 0 bridgehead atoms. The van der Waals surface area contributed by atoms with Gasteiger partial charge in [-0.25, -0.2) is 4.79 Å². The van der Waals surface area contributed by atoms with Gasteiger partial charge in [0.1, 0.15) is 11.6 Å². The molecule has 0 aliphatic carbocycles. The van der Waals surface area contributed by atoms with Crippen molar-refractivity contribution in [1.29, 1.82) is 0 Å². The monoisotopic (exact) mass is 337 g/mol. The van der Waals surface area contributed by atoms with Crippen LogP contribution in [0.4, 0.5) is 0 Å². The molecule has 1 aliphatic heterocycles. The van der Waals surface area contributed by atoms with Crippen LogP contribution in [0.25, 0.3) is 11.0 Å². The lowest BCUT2D eigenvalue weighted by molar-refractivity contribution is -0.141. The van der Waals surface area contributed by atoms with Gasteiger partial charge in [0.2, 0.25) is 0 Å². The molecule has 3 rings (SSSR count). The minimum absolute atomic E-state index is 0.181. The van der Waals surface area contributed by atoms with E-state index in [1.54, 1.807) is 6.07 Å². The Morgan fingerprint density at radius 3 is 2.90 bits per heavy atom. The average Bonchev–Trinajstić information content (AvgIpc) is 3.05. The molecule has 1 atom stereocenters. The van der Waals surface area contributed by atoms with E-state index in [2.05, 4.69) is 15.9 Å². The number of halogens is 1. The van der Waals surface area contributed by atoms with Crippen LogP contribution in [0.15, 0.2) is 33.2 Å². The van der Waals surface area contributed by atoms with Crippen molar-refractivity contribution in [3.8, 4) is 0 Å². The molecule has 0 spiro atoms. The highest BCUT2D eigenvalue weighted by molar-refractivity contribution is 9.10. The lowest BCUT2D eigenvalue weighted by Gasteiger charge is -2.19. The Bertz CT molecular complexity index is 694. The normalized spacial score (nSPS) is 18.6. The molecule has 1 unspecified atom stereocenters. The van der Waals surface area contributed by atoms with Crippen LogP contribution in [-0.4, -0.2) is 34.5 Å². The summed E-state index contributed by atoms with van der Waals surface area (Å²) in [4.78, 5) is 24.9. The molecular weight excluding hydrogens is 326 g/mol. The van der Waals surface area contributed by atoms with Gasteiger partial charge in [0.05, 0.1) is 4.47 Å². The Labute approximate surface area is 123 Å². The van der Waals surface area contributed by atoms with Gasteiger partial charge in [-0.2, -0.15) is 0 Å². The fraction of sp³-hybridized carbons (Fsp3) is 0.286. The lowest BCUT2D eigenvalue weighted by atomic mass is 10.2. The first-order valence-electron chi connectivity index (χ1n) is 6.30. The highest BCUT2D eigenvalue weighted by atomic mass is 79.9. The summed E-state index contributed by atoms with van der Waals surface area (Å²) in [5, 5.41) is 9.95. The van der Waals surface area contributed by atoms with Crippen molar-refractivity contribution in [2.45, 2.75) is 18.9 Å². The lowest BCUT2D eigenvalue weighted by Crippen LogP contribution is -2.40. The molecule has 1 amide bonds. The smallest absolute Gasteiger partial charge is 0.326 e. The number of fused-ring (bicyclic) bond motifs is 1. The summed E-state index contributed by atoms with van der Waals surface area (Å²) in [7, 11) is 0. The maximum atomic E-state index is 12.4. The molecule has 1 aromatic heterocycles. The number of rotatable bonds is 2. The molecule has 1 aromatic carbocycles. The van der Waals surface area contributed by atoms with E-state index in [4.69, 9.17) is 9.52 Å². The molecule has 2 heterocycles. The number of hydrogen-bond acceptors (Lipinski definition) is 3. The molecule has 104 valence electrons. The van der Waals surface area contributed by atoms with Crippen LogP contribution in [0.5, 0.6) is 0 Å². The predicted octanol–water partition coefficient (Wildman–Crippen LogP) is 2.88. The minimum atomic E-state index is -0.965. The number of furan rings is 1. The van der Waals surface area contributed by atoms with Gasteiger partial charge in [-0.3, -0.25) is 4.79 Å². The second kappa shape index (κ2) is 4.94. The number of carbonyl (C=O) groups excluding carboxylic acids is 1. The fourth-order valence-electron chi connectivity index (χ4n) is 2.54. The summed E-state index contributed by atoms with van der Waals surface area (Å²) in [6.45, 7) is 0.452. The molecule has 1 N–H and O–H groups in total. The van der Waals surface area contributed by atoms with Gasteiger partial charge in [-0.1, -0.05) is 12.1 Å². The van der Waals surface area contributed by atoms with Crippen LogP contribution in [-0.2, 0) is 4.79 Å². The van der Waals surface area contributed by atoms with E-state index in [1.165, 1.54) is 4.90 Å². The summed E-state index contributed by atoms with van der Waals surface area (Å²) in [6.07, 6.45) is 1.19. The van der Waals surface area contributed by atoms with E-state index in [0.29, 0.717) is 25.0 Å². The molecule has 2 aromatic rings. The second-order valence-corrected chi connectivity index (χ2v) is 5.62. The number of aliphatic carboxylic acids is 1. The largest absolute Gasteiger partial charge is 0.480 e. The maximum Gasteiger partial charge on any atom is 0.326 e. The van der Waals surface area contributed by atoms with Crippen LogP contribution < -0.4 is 0 Å². The minimum Gasteiger partial charge on any atom is -0.480 e. The number of carboxylic acid groups (broad SMARTS) is 1. The van der Waals surface area contributed by atoms with Gasteiger partial charge < -0.3 is 14.4 Å². The molecule has 1 fully saturated rings. The van der Waals surface area contributed by atoms with Crippen LogP contribution in [0.3, 0.4) is 0 Å². The molecule has 0 saturated carbocycles. The molecule has 6 heteroatoms. The van der Waals surface area contributed by atoms with Gasteiger partial charge >= 0.3 is 5.97 Å². The first-order chi connectivity index (χ1) is 9.58. The van der Waals surface area contributed by atoms with Crippen molar-refractivity contribution in [2.75, 3.05) is 6.54 Å². The van der Waals surface area contributed by atoms with E-state index in [9.17, 15) is 9.59 Å². The highest BCUT2D eigenvalue weighted by Crippen LogP contribution is 2.29. The van der Waals surface area contributed by atoms with E-state index < -0.39 is 12.0 Å². The Morgan fingerprint density at radius 2 is 2.20 bits per heavy atom. The molecule has 1 aliphatic rings. The number of amides is 1. The third-order valence-electron chi connectivity index (χ3n) is 3.51. The summed E-state index contributed by atoms with van der Waals surface area (Å²) in [5.74, 6) is -1.15. The zero-order valence-corrected chi connectivity index (χ0v) is 12.1. The summed E-state index contributed by atoms with van der Waals surface area (Å²) in [5.41, 5.74) is 0.599. The number of hydrogen-bond donors (Lipinski definition) is 1. The summed E-state index contributed by atoms with van der Waals surface area (Å²) < 4.78 is 6.34. The zero-order chi connectivity index (χ0) is 14.3. The third-order valence-corrected chi connectivity index (χ3v) is 4.13.